The summed E-state index contributed by atoms with van der Waals surface area (Å²) in [5, 5.41) is 3.58. The van der Waals surface area contributed by atoms with Crippen LogP contribution in [0.1, 0.15) is 53.6 Å². The van der Waals surface area contributed by atoms with Gasteiger partial charge in [0, 0.05) is 53.6 Å². The zero-order valence-corrected chi connectivity index (χ0v) is 22.3. The van der Waals surface area contributed by atoms with Crippen molar-refractivity contribution in [3.05, 3.63) is 82.7 Å². The van der Waals surface area contributed by atoms with Gasteiger partial charge in [-0.25, -0.2) is 0 Å². The van der Waals surface area contributed by atoms with Crippen molar-refractivity contribution in [1.82, 2.24) is 9.88 Å². The van der Waals surface area contributed by atoms with E-state index in [9.17, 15) is 0 Å². The number of nitrogens with one attached hydrogen (secondary N) is 1. The SMILES string of the molecule is C=C(NCC1OCCc2ccccc21)c1c(C(C)=NC)c(C)n(-c2ccc(OCC)cc2OC)c1C. The average molecular weight is 488 g/mol. The maximum absolute atomic E-state index is 6.12. The summed E-state index contributed by atoms with van der Waals surface area (Å²) in [6.07, 6.45) is 0.945. The molecule has 4 rings (SSSR count). The third-order valence-corrected chi connectivity index (χ3v) is 6.94. The molecule has 0 radical (unpaired) electrons. The number of nitrogens with zero attached hydrogens (tertiary/aromatic N) is 2. The van der Waals surface area contributed by atoms with E-state index in [0.717, 1.165) is 64.1 Å². The highest BCUT2D eigenvalue weighted by molar-refractivity contribution is 6.04. The van der Waals surface area contributed by atoms with Crippen LogP contribution in [0.4, 0.5) is 0 Å². The van der Waals surface area contributed by atoms with E-state index in [1.165, 1.54) is 11.1 Å². The Hall–Kier alpha value is -3.51. The number of rotatable bonds is 9. The molecule has 3 aromatic rings. The number of aromatic nitrogens is 1. The Balaban J connectivity index is 1.71. The van der Waals surface area contributed by atoms with E-state index >= 15 is 0 Å². The fourth-order valence-electron chi connectivity index (χ4n) is 5.17. The van der Waals surface area contributed by atoms with E-state index in [-0.39, 0.29) is 6.10 Å². The molecule has 36 heavy (non-hydrogen) atoms. The maximum atomic E-state index is 6.12. The van der Waals surface area contributed by atoms with Gasteiger partial charge in [0.2, 0.25) is 0 Å². The van der Waals surface area contributed by atoms with Crippen LogP contribution < -0.4 is 14.8 Å². The van der Waals surface area contributed by atoms with E-state index in [2.05, 4.69) is 59.6 Å². The first kappa shape index (κ1) is 25.6. The zero-order valence-electron chi connectivity index (χ0n) is 22.3. The number of hydrogen-bond donors (Lipinski definition) is 1. The van der Waals surface area contributed by atoms with Gasteiger partial charge in [-0.05, 0) is 57.4 Å². The number of hydrogen-bond acceptors (Lipinski definition) is 5. The van der Waals surface area contributed by atoms with Crippen molar-refractivity contribution >= 4 is 11.4 Å². The first-order chi connectivity index (χ1) is 17.4. The van der Waals surface area contributed by atoms with Crippen LogP contribution in [0, 0.1) is 13.8 Å². The van der Waals surface area contributed by atoms with Crippen molar-refractivity contribution < 1.29 is 14.2 Å². The van der Waals surface area contributed by atoms with Crippen molar-refractivity contribution in [3.8, 4) is 17.2 Å². The molecule has 0 amide bonds. The van der Waals surface area contributed by atoms with Crippen molar-refractivity contribution in [2.75, 3.05) is 33.9 Å². The van der Waals surface area contributed by atoms with E-state index < -0.39 is 0 Å². The van der Waals surface area contributed by atoms with Gasteiger partial charge >= 0.3 is 0 Å². The van der Waals surface area contributed by atoms with Gasteiger partial charge in [-0.2, -0.15) is 0 Å². The van der Waals surface area contributed by atoms with Crippen molar-refractivity contribution in [2.45, 2.75) is 40.2 Å². The van der Waals surface area contributed by atoms with Gasteiger partial charge in [0.05, 0.1) is 32.1 Å². The highest BCUT2D eigenvalue weighted by Gasteiger charge is 2.25. The minimum atomic E-state index is -0.00854. The lowest BCUT2D eigenvalue weighted by Gasteiger charge is -2.27. The Morgan fingerprint density at radius 3 is 2.64 bits per heavy atom. The van der Waals surface area contributed by atoms with Gasteiger partial charge in [-0.3, -0.25) is 4.99 Å². The van der Waals surface area contributed by atoms with Gasteiger partial charge in [-0.15, -0.1) is 0 Å². The number of aliphatic imine (C=N–C) groups is 1. The molecule has 2 aromatic carbocycles. The van der Waals surface area contributed by atoms with Crippen LogP contribution in [0.5, 0.6) is 11.5 Å². The molecule has 1 aromatic heterocycles. The number of methoxy groups -OCH3 is 1. The lowest BCUT2D eigenvalue weighted by molar-refractivity contribution is 0.0451. The van der Waals surface area contributed by atoms with E-state index in [4.69, 9.17) is 14.2 Å². The Morgan fingerprint density at radius 1 is 1.17 bits per heavy atom. The molecule has 1 atom stereocenters. The topological polar surface area (TPSA) is 57.0 Å². The highest BCUT2D eigenvalue weighted by atomic mass is 16.5. The molecular formula is C30H37N3O3. The maximum Gasteiger partial charge on any atom is 0.146 e. The molecule has 0 bridgehead atoms. The van der Waals surface area contributed by atoms with Crippen molar-refractivity contribution in [3.63, 3.8) is 0 Å². The standard InChI is InChI=1S/C30H37N3O3/c1-8-35-24-13-14-26(27(17-24)34-7)33-21(4)29(19(2)31-6)30(22(33)5)20(3)32-18-28-25-12-10-9-11-23(25)15-16-36-28/h9-14,17,28,32H,3,8,15-16,18H2,1-2,4-7H3. The van der Waals surface area contributed by atoms with Crippen molar-refractivity contribution in [2.24, 2.45) is 4.99 Å². The summed E-state index contributed by atoms with van der Waals surface area (Å²) < 4.78 is 19.8. The Bertz CT molecular complexity index is 1290. The molecule has 1 unspecified atom stereocenters. The van der Waals surface area contributed by atoms with Gasteiger partial charge in [-0.1, -0.05) is 30.8 Å². The molecule has 2 heterocycles. The van der Waals surface area contributed by atoms with Gasteiger partial charge < -0.3 is 24.1 Å². The number of ether oxygens (including phenoxy) is 3. The van der Waals surface area contributed by atoms with E-state index in [1.54, 1.807) is 7.11 Å². The van der Waals surface area contributed by atoms with E-state index in [0.29, 0.717) is 13.2 Å². The van der Waals surface area contributed by atoms with Crippen LogP contribution in [0.3, 0.4) is 0 Å². The van der Waals surface area contributed by atoms with Crippen LogP contribution in [-0.4, -0.2) is 44.2 Å². The molecule has 0 fully saturated rings. The summed E-state index contributed by atoms with van der Waals surface area (Å²) >= 11 is 0. The summed E-state index contributed by atoms with van der Waals surface area (Å²) in [4.78, 5) is 4.53. The molecule has 1 aliphatic rings. The lowest BCUT2D eigenvalue weighted by Crippen LogP contribution is -2.27. The number of benzene rings is 2. The molecule has 0 spiro atoms. The monoisotopic (exact) mass is 487 g/mol. The minimum Gasteiger partial charge on any atom is -0.494 e. The number of fused-ring (bicyclic) bond motifs is 1. The molecule has 0 aliphatic carbocycles. The highest BCUT2D eigenvalue weighted by Crippen LogP contribution is 2.36. The molecular weight excluding hydrogens is 450 g/mol. The quantitative estimate of drug-likeness (QED) is 0.387. The zero-order chi connectivity index (χ0) is 25.8. The first-order valence-corrected chi connectivity index (χ1v) is 12.5. The predicted molar refractivity (Wildman–Crippen MR) is 147 cm³/mol. The second-order valence-corrected chi connectivity index (χ2v) is 9.00. The summed E-state index contributed by atoms with van der Waals surface area (Å²) in [6.45, 7) is 14.7. The lowest BCUT2D eigenvalue weighted by atomic mass is 9.97. The smallest absolute Gasteiger partial charge is 0.146 e. The Morgan fingerprint density at radius 2 is 1.92 bits per heavy atom. The molecule has 0 saturated carbocycles. The minimum absolute atomic E-state index is 0.00854. The molecule has 6 heteroatoms. The van der Waals surface area contributed by atoms with Crippen molar-refractivity contribution in [1.29, 1.82) is 0 Å². The molecule has 1 N–H and O–H groups in total. The largest absolute Gasteiger partial charge is 0.494 e. The van der Waals surface area contributed by atoms with Crippen LogP contribution in [-0.2, 0) is 11.2 Å². The molecule has 1 aliphatic heterocycles. The Kier molecular flexibility index (Phi) is 7.85. The fourth-order valence-corrected chi connectivity index (χ4v) is 5.17. The van der Waals surface area contributed by atoms with Crippen LogP contribution in [0.15, 0.2) is 54.0 Å². The average Bonchev–Trinajstić information content (AvgIpc) is 3.16. The van der Waals surface area contributed by atoms with Gasteiger partial charge in [0.15, 0.2) is 0 Å². The molecule has 190 valence electrons. The summed E-state index contributed by atoms with van der Waals surface area (Å²) in [5.41, 5.74) is 9.64. The third kappa shape index (κ3) is 4.78. The van der Waals surface area contributed by atoms with Crippen LogP contribution in [0.25, 0.3) is 11.4 Å². The molecule has 6 nitrogen and oxygen atoms in total. The first-order valence-electron chi connectivity index (χ1n) is 12.5. The van der Waals surface area contributed by atoms with E-state index in [1.807, 2.05) is 39.1 Å². The van der Waals surface area contributed by atoms with Gasteiger partial charge in [0.25, 0.3) is 0 Å². The fraction of sp³-hybridized carbons (Fsp3) is 0.367. The normalized spacial score (nSPS) is 15.4. The Labute approximate surface area is 214 Å². The molecule has 0 saturated heterocycles. The second-order valence-electron chi connectivity index (χ2n) is 9.00. The van der Waals surface area contributed by atoms with Gasteiger partial charge in [0.1, 0.15) is 11.5 Å². The summed E-state index contributed by atoms with van der Waals surface area (Å²) in [7, 11) is 3.51. The van der Waals surface area contributed by atoms with Crippen LogP contribution >= 0.6 is 0 Å². The predicted octanol–water partition coefficient (Wildman–Crippen LogP) is 5.81. The van der Waals surface area contributed by atoms with Crippen LogP contribution in [0.2, 0.25) is 0 Å². The second kappa shape index (κ2) is 11.0. The summed E-state index contributed by atoms with van der Waals surface area (Å²) in [5.74, 6) is 1.53. The third-order valence-electron chi connectivity index (χ3n) is 6.94. The summed E-state index contributed by atoms with van der Waals surface area (Å²) in [6, 6.07) is 14.5.